The average Bonchev–Trinajstić information content (AvgIpc) is 4.23. The molecular weight excluding hydrogens is 1030 g/mol. The fourth-order valence-corrected chi connectivity index (χ4v) is 13.3. The number of ether oxygens (including phenoxy) is 1. The molecule has 6 aromatic rings. The quantitative estimate of drug-likeness (QED) is 0.0854. The lowest BCUT2D eigenvalue weighted by atomic mass is 9.90. The number of piperidine rings is 1. The van der Waals surface area contributed by atoms with Crippen LogP contribution < -0.4 is 40.7 Å². The van der Waals surface area contributed by atoms with Gasteiger partial charge in [-0.3, -0.25) is 33.8 Å². The third kappa shape index (κ3) is 9.71. The summed E-state index contributed by atoms with van der Waals surface area (Å²) in [6, 6.07) is 19.2. The molecule has 12 rings (SSSR count). The lowest BCUT2D eigenvalue weighted by Crippen LogP contribution is -2.58. The topological polar surface area (TPSA) is 207 Å². The summed E-state index contributed by atoms with van der Waals surface area (Å²) in [4.78, 5) is 95.0. The number of nitrogens with one attached hydrogen (secondary N) is 2. The van der Waals surface area contributed by atoms with Gasteiger partial charge >= 0.3 is 0 Å². The molecule has 20 heteroatoms. The van der Waals surface area contributed by atoms with E-state index in [0.717, 1.165) is 56.7 Å². The summed E-state index contributed by atoms with van der Waals surface area (Å²) < 4.78 is 9.18. The molecule has 9 heterocycles. The van der Waals surface area contributed by atoms with Crippen molar-refractivity contribution in [2.75, 3.05) is 87.6 Å². The van der Waals surface area contributed by atoms with E-state index in [9.17, 15) is 29.1 Å². The van der Waals surface area contributed by atoms with Gasteiger partial charge in [0.25, 0.3) is 23.3 Å². The van der Waals surface area contributed by atoms with Gasteiger partial charge in [-0.05, 0) is 118 Å². The van der Waals surface area contributed by atoms with Crippen LogP contribution in [-0.2, 0) is 42.6 Å². The van der Waals surface area contributed by atoms with Gasteiger partial charge in [0, 0.05) is 124 Å². The minimum atomic E-state index is -0.421. The summed E-state index contributed by atoms with van der Waals surface area (Å²) in [6.07, 6.45) is 9.73. The first-order chi connectivity index (χ1) is 39.0. The molecule has 0 bridgehead atoms. The molecule has 0 radical (unpaired) electrons. The molecular formula is C61H69N13O7. The smallest absolute Gasteiger partial charge is 0.293 e. The maximum atomic E-state index is 14.1. The van der Waals surface area contributed by atoms with Crippen molar-refractivity contribution in [2.45, 2.75) is 97.6 Å². The zero-order valence-corrected chi connectivity index (χ0v) is 46.8. The number of amides is 4. The summed E-state index contributed by atoms with van der Waals surface area (Å²) in [5, 5.41) is 17.1. The number of hydrogen-bond donors (Lipinski definition) is 3. The van der Waals surface area contributed by atoms with Gasteiger partial charge in [-0.15, -0.1) is 0 Å². The highest BCUT2D eigenvalue weighted by molar-refractivity contribution is 6.34. The molecule has 3 fully saturated rings. The minimum absolute atomic E-state index is 0.0260. The van der Waals surface area contributed by atoms with E-state index in [1.54, 1.807) is 54.8 Å². The van der Waals surface area contributed by atoms with Gasteiger partial charge in [0.15, 0.2) is 5.82 Å². The number of aliphatic hydroxyl groups is 1. The molecule has 4 amide bonds. The number of rotatable bonds is 12. The van der Waals surface area contributed by atoms with Gasteiger partial charge in [0.2, 0.25) is 5.91 Å². The summed E-state index contributed by atoms with van der Waals surface area (Å²) >= 11 is 0. The number of aliphatic hydroxyl groups excluding tert-OH is 1. The third-order valence-electron chi connectivity index (χ3n) is 17.3. The fourth-order valence-electron chi connectivity index (χ4n) is 13.3. The standard InChI is InChI=1S/C61H69N13O7/c1-8-54(76)65-48-27-40(64-55-60(80)67(7)33-49(66-55)44-14-17-63-56(47(44)34-75)73-22-21-72-51(59(73)79)26-39-30-61(5,6)31-52(39)72)9-12-50(48)70-20-19-68(32-37(70)3)41-15-18-69(36(2)25-41)42-10-11-45-46(28-42)58(78)74(57(45)77)43-13-16-62-53(29-43)71-23-24-81-35-38(71)4/h8-14,16-17,26-29,33,36-38,41,75H,1,15,18-25,30-32,34-35H2,2-7H3,(H,64,66)(H,65,76)/t36-,37-,38+,41?/m0/s1. The second-order valence-corrected chi connectivity index (χ2v) is 23.3. The number of piperazine rings is 1. The van der Waals surface area contributed by atoms with Crippen LogP contribution in [-0.4, -0.2) is 134 Å². The number of morpholine rings is 1. The molecule has 1 unspecified atom stereocenters. The van der Waals surface area contributed by atoms with E-state index in [4.69, 9.17) is 9.72 Å². The Kier molecular flexibility index (Phi) is 13.9. The number of fused-ring (bicyclic) bond motifs is 4. The van der Waals surface area contributed by atoms with Crippen LogP contribution in [0.1, 0.15) is 95.5 Å². The summed E-state index contributed by atoms with van der Waals surface area (Å²) in [5.41, 5.74) is 8.24. The highest BCUT2D eigenvalue weighted by Crippen LogP contribution is 2.42. The Morgan fingerprint density at radius 3 is 2.41 bits per heavy atom. The number of hydrogen-bond acceptors (Lipinski definition) is 15. The van der Waals surface area contributed by atoms with Crippen molar-refractivity contribution in [3.05, 3.63) is 136 Å². The second-order valence-electron chi connectivity index (χ2n) is 23.3. The highest BCUT2D eigenvalue weighted by atomic mass is 16.5. The van der Waals surface area contributed by atoms with Gasteiger partial charge in [-0.25, -0.2) is 19.9 Å². The number of imide groups is 1. The van der Waals surface area contributed by atoms with Gasteiger partial charge in [0.05, 0.1) is 59.7 Å². The third-order valence-corrected chi connectivity index (χ3v) is 17.3. The highest BCUT2D eigenvalue weighted by Gasteiger charge is 2.41. The van der Waals surface area contributed by atoms with Crippen LogP contribution in [0.2, 0.25) is 0 Å². The lowest BCUT2D eigenvalue weighted by molar-refractivity contribution is -0.111. The molecule has 4 atom stereocenters. The van der Waals surface area contributed by atoms with Crippen molar-refractivity contribution >= 4 is 69.5 Å². The molecule has 420 valence electrons. The Balaban J connectivity index is 0.719. The van der Waals surface area contributed by atoms with Crippen molar-refractivity contribution in [2.24, 2.45) is 12.5 Å². The number of anilines is 8. The predicted octanol–water partition coefficient (Wildman–Crippen LogP) is 6.78. The molecule has 6 aliphatic rings. The molecule has 1 aliphatic carbocycles. The van der Waals surface area contributed by atoms with Crippen LogP contribution in [0.25, 0.3) is 11.3 Å². The summed E-state index contributed by atoms with van der Waals surface area (Å²) in [5.74, 6) is -0.151. The zero-order valence-electron chi connectivity index (χ0n) is 46.8. The average molecular weight is 1100 g/mol. The fraction of sp³-hybridized carbons (Fsp3) is 0.410. The van der Waals surface area contributed by atoms with Gasteiger partial charge in [-0.2, -0.15) is 0 Å². The number of nitrogens with zero attached hydrogens (tertiary/aromatic N) is 11. The number of pyridine rings is 2. The Morgan fingerprint density at radius 2 is 1.63 bits per heavy atom. The summed E-state index contributed by atoms with van der Waals surface area (Å²) in [6.45, 7) is 20.2. The molecule has 3 N–H and O–H groups in total. The first-order valence-electron chi connectivity index (χ1n) is 28.1. The predicted molar refractivity (Wildman–Crippen MR) is 312 cm³/mol. The van der Waals surface area contributed by atoms with E-state index in [0.29, 0.717) is 108 Å². The van der Waals surface area contributed by atoms with Crippen molar-refractivity contribution in [3.63, 3.8) is 0 Å². The van der Waals surface area contributed by atoms with E-state index in [1.165, 1.54) is 26.8 Å². The van der Waals surface area contributed by atoms with Gasteiger partial charge in [-0.1, -0.05) is 20.4 Å². The van der Waals surface area contributed by atoms with Gasteiger partial charge < -0.3 is 44.3 Å². The molecule has 3 saturated heterocycles. The van der Waals surface area contributed by atoms with Crippen LogP contribution in [0.4, 0.5) is 45.9 Å². The van der Waals surface area contributed by atoms with Crippen molar-refractivity contribution < 1.29 is 29.0 Å². The minimum Gasteiger partial charge on any atom is -0.392 e. The Hall–Kier alpha value is -8.20. The van der Waals surface area contributed by atoms with Crippen LogP contribution in [0.3, 0.4) is 0 Å². The maximum absolute atomic E-state index is 14.1. The first-order valence-corrected chi connectivity index (χ1v) is 28.1. The monoisotopic (exact) mass is 1100 g/mol. The summed E-state index contributed by atoms with van der Waals surface area (Å²) in [7, 11) is 1.63. The van der Waals surface area contributed by atoms with Crippen LogP contribution in [0, 0.1) is 5.41 Å². The maximum Gasteiger partial charge on any atom is 0.293 e. The van der Waals surface area contributed by atoms with E-state index in [2.05, 4.69) is 86.0 Å². The van der Waals surface area contributed by atoms with Crippen molar-refractivity contribution in [1.82, 2.24) is 29.0 Å². The van der Waals surface area contributed by atoms with Crippen LogP contribution in [0.5, 0.6) is 0 Å². The van der Waals surface area contributed by atoms with Crippen molar-refractivity contribution in [3.8, 4) is 11.3 Å². The molecule has 0 saturated carbocycles. The molecule has 81 heavy (non-hydrogen) atoms. The van der Waals surface area contributed by atoms with E-state index in [1.807, 2.05) is 36.4 Å². The zero-order chi connectivity index (χ0) is 56.6. The van der Waals surface area contributed by atoms with E-state index >= 15 is 0 Å². The molecule has 20 nitrogen and oxygen atoms in total. The SMILES string of the molecule is C=CC(=O)Nc1cc(Nc2nc(-c3ccnc(N4CCn5c(cc6c5CC(C)(C)C6)C4=O)c3CO)cn(C)c2=O)ccc1N1CCN(C2CCN(c3ccc4c(c3)C(=O)N(c3ccnc(N5CCOC[C@H]5C)c3)C4=O)[C@@H](C)C2)C[C@@H]1C. The first kappa shape index (κ1) is 53.4. The number of carbonyl (C=O) groups excluding carboxylic acids is 4. The Labute approximate surface area is 470 Å². The Bertz CT molecular complexity index is 3610. The number of aromatic nitrogens is 5. The number of carbonyl (C=O) groups is 4. The largest absolute Gasteiger partial charge is 0.392 e. The molecule has 0 spiro atoms. The number of benzene rings is 2. The normalized spacial score (nSPS) is 21.8. The van der Waals surface area contributed by atoms with E-state index in [-0.39, 0.29) is 53.0 Å². The van der Waals surface area contributed by atoms with Crippen molar-refractivity contribution in [1.29, 1.82) is 0 Å². The molecule has 5 aliphatic heterocycles. The van der Waals surface area contributed by atoms with Crippen LogP contribution in [0.15, 0.2) is 96.7 Å². The van der Waals surface area contributed by atoms with Crippen LogP contribution >= 0.6 is 0 Å². The second kappa shape index (κ2) is 21.0. The molecule has 2 aromatic carbocycles. The lowest BCUT2D eigenvalue weighted by Gasteiger charge is -2.48. The molecule has 4 aromatic heterocycles. The van der Waals surface area contributed by atoms with E-state index < -0.39 is 12.2 Å². The Morgan fingerprint density at radius 1 is 0.815 bits per heavy atom. The van der Waals surface area contributed by atoms with Gasteiger partial charge in [0.1, 0.15) is 17.3 Å². The number of aryl methyl sites for hydroxylation is 1.